The number of aliphatic imine (C=N–C) groups is 1. The Kier molecular flexibility index (Phi) is 8.79. The standard InChI is InChI=1S/C17H36N4O/c1-6-7-8-9-15(2)20-16(18-5)19-14-17(3,4)21-10-12-22-13-11-21/h15H,6-14H2,1-5H3,(H2,18,19,20). The van der Waals surface area contributed by atoms with Gasteiger partial charge in [0.1, 0.15) is 0 Å². The second kappa shape index (κ2) is 10.1. The van der Waals surface area contributed by atoms with E-state index in [1.807, 2.05) is 7.05 Å². The van der Waals surface area contributed by atoms with Crippen molar-refractivity contribution in [3.05, 3.63) is 0 Å². The fourth-order valence-electron chi connectivity index (χ4n) is 2.78. The van der Waals surface area contributed by atoms with Gasteiger partial charge in [-0.25, -0.2) is 0 Å². The van der Waals surface area contributed by atoms with Crippen molar-refractivity contribution < 1.29 is 4.74 Å². The van der Waals surface area contributed by atoms with Crippen molar-refractivity contribution in [3.8, 4) is 0 Å². The molecule has 0 aromatic carbocycles. The summed E-state index contributed by atoms with van der Waals surface area (Å²) in [6, 6.07) is 0.462. The van der Waals surface area contributed by atoms with Gasteiger partial charge in [-0.2, -0.15) is 0 Å². The predicted octanol–water partition coefficient (Wildman–Crippen LogP) is 2.23. The van der Waals surface area contributed by atoms with Gasteiger partial charge in [0.05, 0.1) is 13.2 Å². The first-order valence-corrected chi connectivity index (χ1v) is 8.79. The second-order valence-corrected chi connectivity index (χ2v) is 6.88. The third-order valence-electron chi connectivity index (χ3n) is 4.40. The largest absolute Gasteiger partial charge is 0.379 e. The Balaban J connectivity index is 2.35. The molecule has 22 heavy (non-hydrogen) atoms. The molecule has 0 bridgehead atoms. The molecule has 2 N–H and O–H groups in total. The third-order valence-corrected chi connectivity index (χ3v) is 4.40. The Hall–Kier alpha value is -0.810. The third kappa shape index (κ3) is 6.97. The van der Waals surface area contributed by atoms with Gasteiger partial charge in [-0.15, -0.1) is 0 Å². The van der Waals surface area contributed by atoms with Gasteiger partial charge in [0.25, 0.3) is 0 Å². The average Bonchev–Trinajstić information content (AvgIpc) is 2.52. The highest BCUT2D eigenvalue weighted by Crippen LogP contribution is 2.15. The lowest BCUT2D eigenvalue weighted by molar-refractivity contribution is -0.00834. The maximum absolute atomic E-state index is 5.44. The van der Waals surface area contributed by atoms with E-state index < -0.39 is 0 Å². The molecule has 0 saturated carbocycles. The summed E-state index contributed by atoms with van der Waals surface area (Å²) >= 11 is 0. The zero-order valence-corrected chi connectivity index (χ0v) is 15.2. The van der Waals surface area contributed by atoms with Crippen LogP contribution in [0.2, 0.25) is 0 Å². The summed E-state index contributed by atoms with van der Waals surface area (Å²) in [5, 5.41) is 6.98. The quantitative estimate of drug-likeness (QED) is 0.410. The summed E-state index contributed by atoms with van der Waals surface area (Å²) in [5.41, 5.74) is 0.104. The molecule has 1 aliphatic heterocycles. The smallest absolute Gasteiger partial charge is 0.191 e. The molecule has 0 amide bonds. The highest BCUT2D eigenvalue weighted by Gasteiger charge is 2.28. The summed E-state index contributed by atoms with van der Waals surface area (Å²) in [7, 11) is 1.84. The molecular formula is C17H36N4O. The molecule has 0 spiro atoms. The van der Waals surface area contributed by atoms with Crippen LogP contribution in [0.1, 0.15) is 53.4 Å². The van der Waals surface area contributed by atoms with Gasteiger partial charge in [0, 0.05) is 38.3 Å². The van der Waals surface area contributed by atoms with Crippen LogP contribution in [0.3, 0.4) is 0 Å². The van der Waals surface area contributed by atoms with Crippen molar-refractivity contribution in [3.63, 3.8) is 0 Å². The van der Waals surface area contributed by atoms with Gasteiger partial charge < -0.3 is 15.4 Å². The van der Waals surface area contributed by atoms with E-state index in [1.165, 1.54) is 25.7 Å². The van der Waals surface area contributed by atoms with E-state index >= 15 is 0 Å². The molecule has 1 rings (SSSR count). The molecule has 1 heterocycles. The minimum atomic E-state index is 0.104. The first-order chi connectivity index (χ1) is 10.5. The summed E-state index contributed by atoms with van der Waals surface area (Å²) < 4.78 is 5.44. The van der Waals surface area contributed by atoms with Gasteiger partial charge in [-0.3, -0.25) is 9.89 Å². The van der Waals surface area contributed by atoms with E-state index in [1.54, 1.807) is 0 Å². The Morgan fingerprint density at radius 1 is 1.27 bits per heavy atom. The van der Waals surface area contributed by atoms with Crippen molar-refractivity contribution >= 4 is 5.96 Å². The molecule has 0 aromatic heterocycles. The highest BCUT2D eigenvalue weighted by molar-refractivity contribution is 5.80. The lowest BCUT2D eigenvalue weighted by atomic mass is 10.0. The monoisotopic (exact) mass is 312 g/mol. The first kappa shape index (κ1) is 19.2. The Labute approximate surface area is 136 Å². The predicted molar refractivity (Wildman–Crippen MR) is 94.6 cm³/mol. The molecule has 0 radical (unpaired) electrons. The zero-order chi connectivity index (χ0) is 16.4. The number of rotatable bonds is 8. The van der Waals surface area contributed by atoms with E-state index in [-0.39, 0.29) is 5.54 Å². The molecule has 130 valence electrons. The molecule has 1 atom stereocenters. The average molecular weight is 313 g/mol. The van der Waals surface area contributed by atoms with Crippen LogP contribution in [-0.2, 0) is 4.74 Å². The van der Waals surface area contributed by atoms with Crippen molar-refractivity contribution in [2.45, 2.75) is 65.0 Å². The number of nitrogens with one attached hydrogen (secondary N) is 2. The first-order valence-electron chi connectivity index (χ1n) is 8.79. The summed E-state index contributed by atoms with van der Waals surface area (Å²) in [6.07, 6.45) is 5.05. The van der Waals surface area contributed by atoms with E-state index in [0.717, 1.165) is 38.8 Å². The van der Waals surface area contributed by atoms with Crippen LogP contribution in [0, 0.1) is 0 Å². The zero-order valence-electron chi connectivity index (χ0n) is 15.2. The molecule has 1 saturated heterocycles. The second-order valence-electron chi connectivity index (χ2n) is 6.88. The SMILES string of the molecule is CCCCCC(C)NC(=NC)NCC(C)(C)N1CCOCC1. The van der Waals surface area contributed by atoms with E-state index in [0.29, 0.717) is 6.04 Å². The van der Waals surface area contributed by atoms with Gasteiger partial charge in [-0.05, 0) is 27.2 Å². The lowest BCUT2D eigenvalue weighted by Gasteiger charge is -2.41. The van der Waals surface area contributed by atoms with Crippen molar-refractivity contribution in [2.75, 3.05) is 39.9 Å². The van der Waals surface area contributed by atoms with E-state index in [2.05, 4.69) is 48.2 Å². The molecule has 0 aliphatic carbocycles. The molecular weight excluding hydrogens is 276 g/mol. The fraction of sp³-hybridized carbons (Fsp3) is 0.941. The Morgan fingerprint density at radius 3 is 2.55 bits per heavy atom. The van der Waals surface area contributed by atoms with Crippen molar-refractivity contribution in [1.82, 2.24) is 15.5 Å². The number of ether oxygens (including phenoxy) is 1. The van der Waals surface area contributed by atoms with E-state index in [9.17, 15) is 0 Å². The number of hydrogen-bond acceptors (Lipinski definition) is 3. The summed E-state index contributed by atoms with van der Waals surface area (Å²) in [5.74, 6) is 0.908. The van der Waals surface area contributed by atoms with Gasteiger partial charge in [0.15, 0.2) is 5.96 Å². The number of morpholine rings is 1. The van der Waals surface area contributed by atoms with Crippen LogP contribution in [0.25, 0.3) is 0 Å². The van der Waals surface area contributed by atoms with Gasteiger partial charge in [0.2, 0.25) is 0 Å². The van der Waals surface area contributed by atoms with Crippen LogP contribution >= 0.6 is 0 Å². The topological polar surface area (TPSA) is 48.9 Å². The Morgan fingerprint density at radius 2 is 1.95 bits per heavy atom. The molecule has 0 aromatic rings. The van der Waals surface area contributed by atoms with Crippen LogP contribution in [-0.4, -0.2) is 62.3 Å². The minimum Gasteiger partial charge on any atom is -0.379 e. The highest BCUT2D eigenvalue weighted by atomic mass is 16.5. The maximum Gasteiger partial charge on any atom is 0.191 e. The summed E-state index contributed by atoms with van der Waals surface area (Å²) in [6.45, 7) is 13.6. The number of unbranched alkanes of at least 4 members (excludes halogenated alkanes) is 2. The van der Waals surface area contributed by atoms with Crippen LogP contribution in [0.4, 0.5) is 0 Å². The maximum atomic E-state index is 5.44. The number of hydrogen-bond donors (Lipinski definition) is 2. The van der Waals surface area contributed by atoms with Gasteiger partial charge >= 0.3 is 0 Å². The Bertz CT molecular complexity index is 325. The fourth-order valence-corrected chi connectivity index (χ4v) is 2.78. The van der Waals surface area contributed by atoms with Crippen LogP contribution in [0.5, 0.6) is 0 Å². The lowest BCUT2D eigenvalue weighted by Crippen LogP contribution is -2.57. The molecule has 5 heteroatoms. The van der Waals surface area contributed by atoms with Crippen molar-refractivity contribution in [1.29, 1.82) is 0 Å². The molecule has 1 aliphatic rings. The van der Waals surface area contributed by atoms with Crippen LogP contribution in [0.15, 0.2) is 4.99 Å². The minimum absolute atomic E-state index is 0.104. The van der Waals surface area contributed by atoms with Gasteiger partial charge in [-0.1, -0.05) is 26.2 Å². The molecule has 1 fully saturated rings. The number of guanidine groups is 1. The molecule has 5 nitrogen and oxygen atoms in total. The van der Waals surface area contributed by atoms with E-state index in [4.69, 9.17) is 4.74 Å². The van der Waals surface area contributed by atoms with Crippen molar-refractivity contribution in [2.24, 2.45) is 4.99 Å². The number of nitrogens with zero attached hydrogens (tertiary/aromatic N) is 2. The van der Waals surface area contributed by atoms with Crippen LogP contribution < -0.4 is 10.6 Å². The summed E-state index contributed by atoms with van der Waals surface area (Å²) in [4.78, 5) is 6.84. The molecule has 1 unspecified atom stereocenters. The normalized spacial score (nSPS) is 19.0.